The van der Waals surface area contributed by atoms with Crippen LogP contribution in [0.3, 0.4) is 0 Å². The molecule has 0 bridgehead atoms. The van der Waals surface area contributed by atoms with Crippen LogP contribution in [0.1, 0.15) is 41.5 Å². The number of rotatable bonds is 3. The summed E-state index contributed by atoms with van der Waals surface area (Å²) in [6.07, 6.45) is 2.86. The van der Waals surface area contributed by atoms with Crippen molar-refractivity contribution in [2.45, 2.75) is 51.9 Å². The maximum absolute atomic E-state index is 2.34. The van der Waals surface area contributed by atoms with Gasteiger partial charge >= 0.3 is 0 Å². The number of hydrogen-bond donors (Lipinski definition) is 0. The topological polar surface area (TPSA) is 0 Å². The van der Waals surface area contributed by atoms with Crippen LogP contribution in [0.2, 0.25) is 0 Å². The van der Waals surface area contributed by atoms with Crippen molar-refractivity contribution in [1.29, 1.82) is 0 Å². The lowest BCUT2D eigenvalue weighted by atomic mass is 10.3. The molecule has 0 saturated carbocycles. The smallest absolute Gasteiger partial charge is 0 e. The number of hydrogen-bond acceptors (Lipinski definition) is 0. The Hall–Kier alpha value is 0.990. The molecule has 80 valence electrons. The molecule has 4 heteroatoms. The Labute approximate surface area is 98.5 Å². The summed E-state index contributed by atoms with van der Waals surface area (Å²) in [5.74, 6) is 0. The molecule has 0 aromatic rings. The van der Waals surface area contributed by atoms with Gasteiger partial charge in [0.25, 0.3) is 0 Å². The van der Waals surface area contributed by atoms with Crippen molar-refractivity contribution in [2.24, 2.45) is 0 Å². The average molecular weight is 228 g/mol. The highest BCUT2D eigenvalue weighted by atomic mass is 31.1. The third-order valence-electron chi connectivity index (χ3n) is 1.44. The first-order valence-electron chi connectivity index (χ1n) is 4.71. The fourth-order valence-corrected chi connectivity index (χ4v) is 3.37. The van der Waals surface area contributed by atoms with Gasteiger partial charge in [-0.15, -0.1) is 17.2 Å². The minimum Gasteiger partial charge on any atom is -0.116 e. The van der Waals surface area contributed by atoms with Gasteiger partial charge in [-0.05, 0) is 22.6 Å². The highest BCUT2D eigenvalue weighted by Gasteiger charge is 2.12. The van der Waals surface area contributed by atoms with Gasteiger partial charge in [-0.3, -0.25) is 0 Å². The van der Waals surface area contributed by atoms with Crippen molar-refractivity contribution in [1.82, 2.24) is 0 Å². The second-order valence-corrected chi connectivity index (χ2v) is 10.1. The minimum absolute atomic E-state index is 0. The van der Waals surface area contributed by atoms with E-state index in [2.05, 4.69) is 41.5 Å². The first kappa shape index (κ1) is 20.4. The van der Waals surface area contributed by atoms with Gasteiger partial charge in [0, 0.05) is 16.8 Å². The van der Waals surface area contributed by atoms with Crippen molar-refractivity contribution >= 4 is 34.0 Å². The molecule has 0 aliphatic rings. The second-order valence-electron chi connectivity index (χ2n) is 5.35. The molecule has 0 aliphatic heterocycles. The van der Waals surface area contributed by atoms with Gasteiger partial charge in [0.1, 0.15) is 0 Å². The fraction of sp³-hybridized carbons (Fsp3) is 1.00. The summed E-state index contributed by atoms with van der Waals surface area (Å²) in [6.45, 7) is 14.0. The highest BCUT2D eigenvalue weighted by Crippen LogP contribution is 2.35. The first-order chi connectivity index (χ1) is 5.21. The van der Waals surface area contributed by atoms with Crippen LogP contribution < -0.4 is 0 Å². The Kier molecular flexibility index (Phi) is 11.9. The van der Waals surface area contributed by atoms with E-state index < -0.39 is 0 Å². The van der Waals surface area contributed by atoms with Gasteiger partial charge in [0.15, 0.2) is 0 Å². The molecule has 6 radical (unpaired) electrons. The van der Waals surface area contributed by atoms with Gasteiger partial charge < -0.3 is 0 Å². The molecule has 0 aliphatic carbocycles. The van der Waals surface area contributed by atoms with E-state index >= 15 is 0 Å². The Balaban J connectivity index is -0.000000605. The van der Waals surface area contributed by atoms with E-state index in [1.165, 1.54) is 12.3 Å². The molecule has 0 N–H and O–H groups in total. The summed E-state index contributed by atoms with van der Waals surface area (Å²) in [7, 11) is 2.27. The summed E-state index contributed by atoms with van der Waals surface area (Å²) >= 11 is 0. The predicted molar refractivity (Wildman–Crippen MR) is 77.4 cm³/mol. The Morgan fingerprint density at radius 1 is 0.643 bits per heavy atom. The van der Waals surface area contributed by atoms with E-state index in [-0.39, 0.29) is 16.8 Å². The van der Waals surface area contributed by atoms with Crippen molar-refractivity contribution in [3.63, 3.8) is 0 Å². The third kappa shape index (κ3) is 18.7. The van der Waals surface area contributed by atoms with Crippen LogP contribution in [0.25, 0.3) is 0 Å². The summed E-state index contributed by atoms with van der Waals surface area (Å²) in [5.41, 5.74) is 0. The van der Waals surface area contributed by atoms with E-state index in [4.69, 9.17) is 0 Å². The largest absolute Gasteiger partial charge is 0.116 e. The summed E-state index contributed by atoms with van der Waals surface area (Å²) in [6, 6.07) is 0. The Morgan fingerprint density at radius 2 is 0.857 bits per heavy atom. The van der Waals surface area contributed by atoms with Crippen LogP contribution in [0.4, 0.5) is 0 Å². The molecule has 0 heterocycles. The molecule has 2 atom stereocenters. The maximum Gasteiger partial charge on any atom is 0 e. The van der Waals surface area contributed by atoms with E-state index in [0.717, 1.165) is 17.2 Å². The maximum atomic E-state index is 2.34. The molecular formula is C10H24B2P2. The van der Waals surface area contributed by atoms with Gasteiger partial charge in [0.2, 0.25) is 0 Å². The molecule has 0 aromatic heterocycles. The molecule has 0 amide bonds. The SMILES string of the molecule is CC(C)(C)PCCPC(C)(C)C.[B].[B]. The van der Waals surface area contributed by atoms with Crippen molar-refractivity contribution < 1.29 is 0 Å². The average Bonchev–Trinajstić information content (AvgIpc) is 1.76. The van der Waals surface area contributed by atoms with Crippen LogP contribution in [0.5, 0.6) is 0 Å². The van der Waals surface area contributed by atoms with Crippen LogP contribution in [0, 0.1) is 0 Å². The third-order valence-corrected chi connectivity index (χ3v) is 5.06. The zero-order chi connectivity index (χ0) is 9.83. The second kappa shape index (κ2) is 8.18. The fourth-order valence-electron chi connectivity index (χ4n) is 0.875. The molecule has 0 saturated heterocycles. The van der Waals surface area contributed by atoms with E-state index in [0.29, 0.717) is 10.3 Å². The molecule has 2 unspecified atom stereocenters. The standard InChI is InChI=1S/C10H24P2.2B/c1-9(2,3)11-7-8-12-10(4,5)6;;/h11-12H,7-8H2,1-6H3;;. The molecule has 14 heavy (non-hydrogen) atoms. The van der Waals surface area contributed by atoms with Gasteiger partial charge in [0.05, 0.1) is 0 Å². The first-order valence-corrected chi connectivity index (χ1v) is 7.12. The lowest BCUT2D eigenvalue weighted by Gasteiger charge is -2.21. The van der Waals surface area contributed by atoms with Crippen LogP contribution in [-0.4, -0.2) is 39.5 Å². The van der Waals surface area contributed by atoms with Crippen molar-refractivity contribution in [3.8, 4) is 0 Å². The molecule has 0 rings (SSSR count). The Bertz CT molecular complexity index is 109. The van der Waals surface area contributed by atoms with Crippen LogP contribution >= 0.6 is 17.2 Å². The Morgan fingerprint density at radius 3 is 1.00 bits per heavy atom. The van der Waals surface area contributed by atoms with Crippen LogP contribution in [-0.2, 0) is 0 Å². The molecular weight excluding hydrogens is 204 g/mol. The zero-order valence-electron chi connectivity index (χ0n) is 10.6. The molecule has 0 fully saturated rings. The van der Waals surface area contributed by atoms with Gasteiger partial charge in [-0.2, -0.15) is 0 Å². The van der Waals surface area contributed by atoms with Gasteiger partial charge in [-0.1, -0.05) is 41.5 Å². The molecule has 0 aromatic carbocycles. The van der Waals surface area contributed by atoms with E-state index in [9.17, 15) is 0 Å². The minimum atomic E-state index is 0. The monoisotopic (exact) mass is 228 g/mol. The summed E-state index contributed by atoms with van der Waals surface area (Å²) in [4.78, 5) is 0. The predicted octanol–water partition coefficient (Wildman–Crippen LogP) is 3.18. The highest BCUT2D eigenvalue weighted by molar-refractivity contribution is 7.44. The quantitative estimate of drug-likeness (QED) is 0.395. The van der Waals surface area contributed by atoms with E-state index in [1.807, 2.05) is 0 Å². The lowest BCUT2D eigenvalue weighted by molar-refractivity contribution is 0.788. The molecule has 0 nitrogen and oxygen atoms in total. The van der Waals surface area contributed by atoms with E-state index in [1.54, 1.807) is 0 Å². The van der Waals surface area contributed by atoms with Crippen LogP contribution in [0.15, 0.2) is 0 Å². The summed E-state index contributed by atoms with van der Waals surface area (Å²) < 4.78 is 0. The normalized spacial score (nSPS) is 13.3. The summed E-state index contributed by atoms with van der Waals surface area (Å²) in [5, 5.41) is 1.12. The molecule has 0 spiro atoms. The van der Waals surface area contributed by atoms with Gasteiger partial charge in [-0.25, -0.2) is 0 Å². The van der Waals surface area contributed by atoms with Crippen molar-refractivity contribution in [3.05, 3.63) is 0 Å². The lowest BCUT2D eigenvalue weighted by Crippen LogP contribution is -2.09. The van der Waals surface area contributed by atoms with Crippen molar-refractivity contribution in [2.75, 3.05) is 12.3 Å². The zero-order valence-corrected chi connectivity index (χ0v) is 12.6.